The average Bonchev–Trinajstić information content (AvgIpc) is 2.24. The highest BCUT2D eigenvalue weighted by Crippen LogP contribution is 2.15. The molecule has 0 bridgehead atoms. The zero-order valence-corrected chi connectivity index (χ0v) is 11.6. The van der Waals surface area contributed by atoms with Crippen molar-refractivity contribution >= 4 is 0 Å². The molecule has 0 aliphatic carbocycles. The number of nitrogens with one attached hydrogen (secondary N) is 1. The van der Waals surface area contributed by atoms with Gasteiger partial charge in [0.1, 0.15) is 0 Å². The third-order valence-electron chi connectivity index (χ3n) is 2.76. The molecular weight excluding hydrogens is 200 g/mol. The van der Waals surface area contributed by atoms with Crippen LogP contribution in [0, 0.1) is 5.41 Å². The molecule has 0 aromatic heterocycles. The summed E-state index contributed by atoms with van der Waals surface area (Å²) in [6.07, 6.45) is 2.07. The fourth-order valence-electron chi connectivity index (χ4n) is 1.91. The predicted molar refractivity (Wildman–Crippen MR) is 70.8 cm³/mol. The van der Waals surface area contributed by atoms with E-state index in [0.717, 1.165) is 39.1 Å². The minimum Gasteiger partial charge on any atom is -0.396 e. The number of hydrogen-bond acceptors (Lipinski definition) is 3. The summed E-state index contributed by atoms with van der Waals surface area (Å²) in [5.41, 5.74) is 0.306. The monoisotopic (exact) mass is 230 g/mol. The number of hydrogen-bond donors (Lipinski definition) is 2. The Morgan fingerprint density at radius 1 is 1.25 bits per heavy atom. The van der Waals surface area contributed by atoms with E-state index < -0.39 is 0 Å². The second-order valence-electron chi connectivity index (χ2n) is 5.29. The fourth-order valence-corrected chi connectivity index (χ4v) is 1.91. The highest BCUT2D eigenvalue weighted by Gasteiger charge is 2.20. The Hall–Kier alpha value is -0.120. The second-order valence-corrected chi connectivity index (χ2v) is 5.29. The third-order valence-corrected chi connectivity index (χ3v) is 2.76. The SMILES string of the molecule is CCCNCC(C)(C)CN(CC)CCCO. The van der Waals surface area contributed by atoms with E-state index in [1.807, 2.05) is 0 Å². The predicted octanol–water partition coefficient (Wildman–Crippen LogP) is 1.72. The maximum atomic E-state index is 8.84. The molecule has 0 aromatic rings. The van der Waals surface area contributed by atoms with Gasteiger partial charge in [-0.25, -0.2) is 0 Å². The van der Waals surface area contributed by atoms with Gasteiger partial charge in [0.05, 0.1) is 0 Å². The van der Waals surface area contributed by atoms with Crippen LogP contribution in [0.5, 0.6) is 0 Å². The molecule has 0 aliphatic rings. The highest BCUT2D eigenvalue weighted by molar-refractivity contribution is 4.76. The first-order chi connectivity index (χ1) is 7.55. The minimum absolute atomic E-state index is 0.297. The average molecular weight is 230 g/mol. The van der Waals surface area contributed by atoms with Crippen LogP contribution in [0.2, 0.25) is 0 Å². The van der Waals surface area contributed by atoms with Crippen molar-refractivity contribution in [1.82, 2.24) is 10.2 Å². The second kappa shape index (κ2) is 8.97. The van der Waals surface area contributed by atoms with E-state index in [2.05, 4.69) is 37.9 Å². The van der Waals surface area contributed by atoms with Crippen LogP contribution in [0.1, 0.15) is 40.5 Å². The molecule has 0 saturated heterocycles. The van der Waals surface area contributed by atoms with Gasteiger partial charge in [0.2, 0.25) is 0 Å². The van der Waals surface area contributed by atoms with E-state index in [-0.39, 0.29) is 0 Å². The van der Waals surface area contributed by atoms with E-state index in [1.165, 1.54) is 6.42 Å². The van der Waals surface area contributed by atoms with Gasteiger partial charge in [0.15, 0.2) is 0 Å². The van der Waals surface area contributed by atoms with Gasteiger partial charge in [-0.3, -0.25) is 0 Å². The zero-order valence-electron chi connectivity index (χ0n) is 11.6. The highest BCUT2D eigenvalue weighted by atomic mass is 16.3. The molecule has 0 radical (unpaired) electrons. The molecule has 0 amide bonds. The fraction of sp³-hybridized carbons (Fsp3) is 1.00. The van der Waals surface area contributed by atoms with E-state index in [4.69, 9.17) is 5.11 Å². The number of aliphatic hydroxyl groups excluding tert-OH is 1. The maximum Gasteiger partial charge on any atom is 0.0443 e. The van der Waals surface area contributed by atoms with Crippen LogP contribution in [0.25, 0.3) is 0 Å². The first-order valence-electron chi connectivity index (χ1n) is 6.59. The first-order valence-corrected chi connectivity index (χ1v) is 6.59. The molecule has 0 heterocycles. The minimum atomic E-state index is 0.297. The van der Waals surface area contributed by atoms with Crippen molar-refractivity contribution in [2.75, 3.05) is 39.3 Å². The maximum absolute atomic E-state index is 8.84. The summed E-state index contributed by atoms with van der Waals surface area (Å²) < 4.78 is 0. The lowest BCUT2D eigenvalue weighted by Gasteiger charge is -2.32. The Morgan fingerprint density at radius 2 is 1.94 bits per heavy atom. The Morgan fingerprint density at radius 3 is 2.44 bits per heavy atom. The summed E-state index contributed by atoms with van der Waals surface area (Å²) in [5, 5.41) is 12.3. The Labute approximate surface area is 101 Å². The summed E-state index contributed by atoms with van der Waals surface area (Å²) in [6.45, 7) is 14.6. The normalized spacial score (nSPS) is 12.4. The molecule has 0 spiro atoms. The van der Waals surface area contributed by atoms with Gasteiger partial charge >= 0.3 is 0 Å². The molecular formula is C13H30N2O. The molecule has 0 aromatic carbocycles. The van der Waals surface area contributed by atoms with Crippen molar-refractivity contribution in [1.29, 1.82) is 0 Å². The molecule has 0 atom stereocenters. The lowest BCUT2D eigenvalue weighted by molar-refractivity contribution is 0.165. The molecule has 3 heteroatoms. The van der Waals surface area contributed by atoms with Crippen molar-refractivity contribution in [2.45, 2.75) is 40.5 Å². The number of nitrogens with zero attached hydrogens (tertiary/aromatic N) is 1. The topological polar surface area (TPSA) is 35.5 Å². The van der Waals surface area contributed by atoms with Gasteiger partial charge < -0.3 is 15.3 Å². The van der Waals surface area contributed by atoms with Crippen molar-refractivity contribution in [2.24, 2.45) is 5.41 Å². The summed E-state index contributed by atoms with van der Waals surface area (Å²) in [5.74, 6) is 0. The van der Waals surface area contributed by atoms with Crippen LogP contribution in [-0.2, 0) is 0 Å². The van der Waals surface area contributed by atoms with E-state index in [1.54, 1.807) is 0 Å². The molecule has 2 N–H and O–H groups in total. The van der Waals surface area contributed by atoms with E-state index in [9.17, 15) is 0 Å². The standard InChI is InChI=1S/C13H30N2O/c1-5-8-14-11-13(3,4)12-15(6-2)9-7-10-16/h14,16H,5-12H2,1-4H3. The van der Waals surface area contributed by atoms with Gasteiger partial charge in [0, 0.05) is 26.2 Å². The van der Waals surface area contributed by atoms with Crippen LogP contribution >= 0.6 is 0 Å². The number of rotatable bonds is 10. The van der Waals surface area contributed by atoms with Gasteiger partial charge in [-0.15, -0.1) is 0 Å². The summed E-state index contributed by atoms with van der Waals surface area (Å²) in [4.78, 5) is 2.42. The van der Waals surface area contributed by atoms with Crippen LogP contribution in [0.4, 0.5) is 0 Å². The molecule has 0 rings (SSSR count). The van der Waals surface area contributed by atoms with Gasteiger partial charge in [-0.05, 0) is 31.3 Å². The summed E-state index contributed by atoms with van der Waals surface area (Å²) in [7, 11) is 0. The molecule has 0 unspecified atom stereocenters. The van der Waals surface area contributed by atoms with Crippen LogP contribution < -0.4 is 5.32 Å². The van der Waals surface area contributed by atoms with Crippen LogP contribution in [0.15, 0.2) is 0 Å². The molecule has 3 nitrogen and oxygen atoms in total. The first kappa shape index (κ1) is 15.9. The molecule has 0 aliphatic heterocycles. The van der Waals surface area contributed by atoms with Crippen molar-refractivity contribution in [3.8, 4) is 0 Å². The van der Waals surface area contributed by atoms with Gasteiger partial charge in [-0.2, -0.15) is 0 Å². The van der Waals surface area contributed by atoms with Crippen LogP contribution in [0.3, 0.4) is 0 Å². The van der Waals surface area contributed by atoms with Crippen molar-refractivity contribution in [3.63, 3.8) is 0 Å². The largest absolute Gasteiger partial charge is 0.396 e. The quantitative estimate of drug-likeness (QED) is 0.561. The lowest BCUT2D eigenvalue weighted by Crippen LogP contribution is -2.41. The Kier molecular flexibility index (Phi) is 8.90. The van der Waals surface area contributed by atoms with Gasteiger partial charge in [-0.1, -0.05) is 27.7 Å². The van der Waals surface area contributed by atoms with Gasteiger partial charge in [0.25, 0.3) is 0 Å². The Balaban J connectivity index is 3.89. The third kappa shape index (κ3) is 8.08. The summed E-state index contributed by atoms with van der Waals surface area (Å²) >= 11 is 0. The van der Waals surface area contributed by atoms with Crippen molar-refractivity contribution < 1.29 is 5.11 Å². The number of aliphatic hydroxyl groups is 1. The lowest BCUT2D eigenvalue weighted by atomic mass is 9.92. The van der Waals surface area contributed by atoms with Crippen LogP contribution in [-0.4, -0.2) is 49.3 Å². The van der Waals surface area contributed by atoms with Crippen molar-refractivity contribution in [3.05, 3.63) is 0 Å². The molecule has 98 valence electrons. The van der Waals surface area contributed by atoms with E-state index >= 15 is 0 Å². The summed E-state index contributed by atoms with van der Waals surface area (Å²) in [6, 6.07) is 0. The smallest absolute Gasteiger partial charge is 0.0443 e. The van der Waals surface area contributed by atoms with E-state index in [0.29, 0.717) is 12.0 Å². The molecule has 16 heavy (non-hydrogen) atoms. The molecule has 0 fully saturated rings. The Bertz CT molecular complexity index is 160. The zero-order chi connectivity index (χ0) is 12.4. The molecule has 0 saturated carbocycles.